The molecule has 2 aromatic carbocycles. The minimum atomic E-state index is -3.81. The number of sulfonamides is 1. The first-order valence-electron chi connectivity index (χ1n) is 8.89. The Morgan fingerprint density at radius 3 is 2.37 bits per heavy atom. The first kappa shape index (κ1) is 21.6. The quantitative estimate of drug-likeness (QED) is 0.770. The molecule has 1 saturated heterocycles. The van der Waals surface area contributed by atoms with Crippen LogP contribution in [-0.4, -0.2) is 37.1 Å². The molecule has 2 N–H and O–H groups in total. The summed E-state index contributed by atoms with van der Waals surface area (Å²) in [5.74, 6) is -0.292. The highest BCUT2D eigenvalue weighted by Gasteiger charge is 2.37. The van der Waals surface area contributed by atoms with Crippen LogP contribution in [0.25, 0.3) is 0 Å². The second kappa shape index (κ2) is 8.97. The molecule has 0 aliphatic carbocycles. The number of benzene rings is 2. The van der Waals surface area contributed by atoms with Crippen molar-refractivity contribution in [3.63, 3.8) is 0 Å². The van der Waals surface area contributed by atoms with E-state index in [0.29, 0.717) is 12.1 Å². The van der Waals surface area contributed by atoms with Crippen LogP contribution in [0.5, 0.6) is 0 Å². The summed E-state index contributed by atoms with van der Waals surface area (Å²) in [4.78, 5) is 13.0. The third-order valence-electron chi connectivity index (χ3n) is 4.86. The van der Waals surface area contributed by atoms with Crippen LogP contribution in [-0.2, 0) is 10.0 Å². The third kappa shape index (κ3) is 4.41. The number of nitrogens with two attached hydrogens (primary N) is 1. The zero-order valence-corrected chi connectivity index (χ0v) is 16.9. The Hall–Kier alpha value is -1.73. The number of ketones is 1. The van der Waals surface area contributed by atoms with E-state index in [9.17, 15) is 13.2 Å². The minimum absolute atomic E-state index is 0. The number of halogens is 1. The van der Waals surface area contributed by atoms with Gasteiger partial charge in [0.25, 0.3) is 0 Å². The molecule has 0 amide bonds. The van der Waals surface area contributed by atoms with Crippen LogP contribution >= 0.6 is 12.4 Å². The summed E-state index contributed by atoms with van der Waals surface area (Å²) >= 11 is 0. The van der Waals surface area contributed by atoms with Crippen LogP contribution in [0.1, 0.15) is 42.1 Å². The van der Waals surface area contributed by atoms with Gasteiger partial charge < -0.3 is 5.73 Å². The molecule has 1 aliphatic rings. The molecule has 0 bridgehead atoms. The topological polar surface area (TPSA) is 80.5 Å². The van der Waals surface area contributed by atoms with E-state index < -0.39 is 10.0 Å². The van der Waals surface area contributed by atoms with Crippen molar-refractivity contribution in [2.75, 3.05) is 6.54 Å². The maximum absolute atomic E-state index is 13.4. The number of hydrogen-bond donors (Lipinski definition) is 1. The van der Waals surface area contributed by atoms with E-state index in [-0.39, 0.29) is 40.7 Å². The van der Waals surface area contributed by atoms with E-state index in [1.165, 1.54) is 10.4 Å². The van der Waals surface area contributed by atoms with E-state index in [0.717, 1.165) is 19.3 Å². The normalized spacial score (nSPS) is 19.1. The van der Waals surface area contributed by atoms with E-state index >= 15 is 0 Å². The van der Waals surface area contributed by atoms with E-state index in [4.69, 9.17) is 5.73 Å². The fourth-order valence-corrected chi connectivity index (χ4v) is 5.47. The molecule has 5 nitrogen and oxygen atoms in total. The third-order valence-corrected chi connectivity index (χ3v) is 6.84. The number of nitrogens with zero attached hydrogens (tertiary/aromatic N) is 1. The molecule has 0 aromatic heterocycles. The summed E-state index contributed by atoms with van der Waals surface area (Å²) in [5, 5.41) is 0. The number of hydrogen-bond acceptors (Lipinski definition) is 4. The summed E-state index contributed by atoms with van der Waals surface area (Å²) in [5.41, 5.74) is 6.72. The van der Waals surface area contributed by atoms with Crippen molar-refractivity contribution in [3.05, 3.63) is 65.7 Å². The molecule has 3 rings (SSSR count). The molecule has 1 aliphatic heterocycles. The lowest BCUT2D eigenvalue weighted by atomic mass is 10.00. The molecule has 146 valence electrons. The molecule has 0 saturated carbocycles. The monoisotopic (exact) mass is 408 g/mol. The fraction of sp³-hybridized carbons (Fsp3) is 0.350. The van der Waals surface area contributed by atoms with Gasteiger partial charge in [0.05, 0.1) is 4.90 Å². The van der Waals surface area contributed by atoms with E-state index in [1.54, 1.807) is 42.5 Å². The molecular formula is C20H25ClN2O3S. The lowest BCUT2D eigenvalue weighted by molar-refractivity contribution is 0.103. The second-order valence-electron chi connectivity index (χ2n) is 6.73. The van der Waals surface area contributed by atoms with Crippen LogP contribution in [0, 0.1) is 0 Å². The van der Waals surface area contributed by atoms with Gasteiger partial charge in [-0.1, -0.05) is 48.9 Å². The van der Waals surface area contributed by atoms with Gasteiger partial charge in [0.15, 0.2) is 5.78 Å². The summed E-state index contributed by atoms with van der Waals surface area (Å²) in [6.07, 6.45) is 2.51. The van der Waals surface area contributed by atoms with Gasteiger partial charge in [-0.3, -0.25) is 4.79 Å². The van der Waals surface area contributed by atoms with Crippen LogP contribution in [0.15, 0.2) is 59.5 Å². The first-order valence-corrected chi connectivity index (χ1v) is 10.3. The Morgan fingerprint density at radius 1 is 1.07 bits per heavy atom. The molecule has 1 fully saturated rings. The van der Waals surface area contributed by atoms with Crippen LogP contribution in [0.4, 0.5) is 0 Å². The molecule has 2 unspecified atom stereocenters. The first-order chi connectivity index (χ1) is 12.4. The highest BCUT2D eigenvalue weighted by atomic mass is 35.5. The average molecular weight is 409 g/mol. The van der Waals surface area contributed by atoms with Crippen LogP contribution in [0.3, 0.4) is 0 Å². The predicted octanol–water partition coefficient (Wildman–Crippen LogP) is 3.23. The molecule has 0 spiro atoms. The highest BCUT2D eigenvalue weighted by Crippen LogP contribution is 2.29. The fourth-order valence-electron chi connectivity index (χ4n) is 3.51. The van der Waals surface area contributed by atoms with E-state index in [1.807, 2.05) is 13.0 Å². The van der Waals surface area contributed by atoms with Gasteiger partial charge in [0.1, 0.15) is 0 Å². The number of carbonyl (C=O) groups excluding carboxylic acids is 1. The average Bonchev–Trinajstić information content (AvgIpc) is 2.68. The summed E-state index contributed by atoms with van der Waals surface area (Å²) in [7, 11) is -3.81. The predicted molar refractivity (Wildman–Crippen MR) is 109 cm³/mol. The Morgan fingerprint density at radius 2 is 1.70 bits per heavy atom. The Balaban J connectivity index is 0.00000261. The van der Waals surface area contributed by atoms with Gasteiger partial charge in [0.2, 0.25) is 10.0 Å². The second-order valence-corrected chi connectivity index (χ2v) is 8.59. The van der Waals surface area contributed by atoms with Crippen molar-refractivity contribution in [3.8, 4) is 0 Å². The van der Waals surface area contributed by atoms with Gasteiger partial charge in [-0.2, -0.15) is 4.31 Å². The highest BCUT2D eigenvalue weighted by molar-refractivity contribution is 7.89. The number of carbonyl (C=O) groups is 1. The summed E-state index contributed by atoms with van der Waals surface area (Å²) < 4.78 is 28.2. The Labute approximate surface area is 167 Å². The van der Waals surface area contributed by atoms with Gasteiger partial charge in [-0.15, -0.1) is 12.4 Å². The lowest BCUT2D eigenvalue weighted by Gasteiger charge is -2.37. The SMILES string of the molecule is CC(N)C1CCCCN1S(=O)(=O)c1ccccc1C(=O)c1ccccc1.Cl. The van der Waals surface area contributed by atoms with Crippen molar-refractivity contribution < 1.29 is 13.2 Å². The lowest BCUT2D eigenvalue weighted by Crippen LogP contribution is -2.51. The van der Waals surface area contributed by atoms with Gasteiger partial charge in [0, 0.05) is 29.8 Å². The molecule has 2 aromatic rings. The van der Waals surface area contributed by atoms with Crippen molar-refractivity contribution in [1.29, 1.82) is 0 Å². The number of rotatable bonds is 5. The standard InChI is InChI=1S/C20H24N2O3S.ClH/c1-15(21)18-12-7-8-14-22(18)26(24,25)19-13-6-5-11-17(19)20(23)16-9-3-2-4-10-16;/h2-6,9-11,13,15,18H,7-8,12,14,21H2,1H3;1H. The molecule has 1 heterocycles. The maximum Gasteiger partial charge on any atom is 0.244 e. The van der Waals surface area contributed by atoms with Gasteiger partial charge >= 0.3 is 0 Å². The van der Waals surface area contributed by atoms with Crippen molar-refractivity contribution in [2.24, 2.45) is 5.73 Å². The van der Waals surface area contributed by atoms with Gasteiger partial charge in [-0.05, 0) is 31.9 Å². The van der Waals surface area contributed by atoms with Crippen molar-refractivity contribution in [1.82, 2.24) is 4.31 Å². The van der Waals surface area contributed by atoms with Gasteiger partial charge in [-0.25, -0.2) is 8.42 Å². The van der Waals surface area contributed by atoms with Crippen molar-refractivity contribution >= 4 is 28.2 Å². The Kier molecular flexibility index (Phi) is 7.17. The van der Waals surface area contributed by atoms with Crippen LogP contribution in [0.2, 0.25) is 0 Å². The number of piperidine rings is 1. The zero-order valence-electron chi connectivity index (χ0n) is 15.2. The molecule has 27 heavy (non-hydrogen) atoms. The smallest absolute Gasteiger partial charge is 0.244 e. The molecule has 0 radical (unpaired) electrons. The van der Waals surface area contributed by atoms with Crippen LogP contribution < -0.4 is 5.73 Å². The molecule has 7 heteroatoms. The van der Waals surface area contributed by atoms with E-state index in [2.05, 4.69) is 0 Å². The molecular weight excluding hydrogens is 384 g/mol. The largest absolute Gasteiger partial charge is 0.326 e. The Bertz CT molecular complexity index is 885. The summed E-state index contributed by atoms with van der Waals surface area (Å²) in [6.45, 7) is 2.27. The summed E-state index contributed by atoms with van der Waals surface area (Å²) in [6, 6.07) is 14.7. The minimum Gasteiger partial charge on any atom is -0.326 e. The van der Waals surface area contributed by atoms with Crippen molar-refractivity contribution in [2.45, 2.75) is 43.2 Å². The zero-order chi connectivity index (χ0) is 18.7. The molecule has 2 atom stereocenters. The maximum atomic E-state index is 13.4.